The zero-order valence-electron chi connectivity index (χ0n) is 11.8. The molecule has 7 nitrogen and oxygen atoms in total. The van der Waals surface area contributed by atoms with Crippen molar-refractivity contribution >= 4 is 28.5 Å². The molecule has 2 aliphatic carbocycles. The van der Waals surface area contributed by atoms with Crippen LogP contribution in [0.15, 0.2) is 0 Å². The fourth-order valence-electron chi connectivity index (χ4n) is 2.65. The summed E-state index contributed by atoms with van der Waals surface area (Å²) >= 11 is 1.42. The fraction of sp³-hybridized carbons (Fsp3) is 0.692. The number of rotatable bonds is 4. The average molecular weight is 310 g/mol. The van der Waals surface area contributed by atoms with E-state index in [2.05, 4.69) is 20.8 Å². The number of nitrogens with one attached hydrogen (secondary N) is 2. The molecule has 2 N–H and O–H groups in total. The van der Waals surface area contributed by atoms with Crippen molar-refractivity contribution in [1.82, 2.24) is 15.5 Å². The van der Waals surface area contributed by atoms with Crippen LogP contribution < -0.4 is 10.6 Å². The van der Waals surface area contributed by atoms with E-state index in [0.717, 1.165) is 37.1 Å². The summed E-state index contributed by atoms with van der Waals surface area (Å²) in [4.78, 5) is 23.6. The monoisotopic (exact) mass is 310 g/mol. The third kappa shape index (κ3) is 3.31. The van der Waals surface area contributed by atoms with Gasteiger partial charge in [-0.3, -0.25) is 10.1 Å². The lowest BCUT2D eigenvalue weighted by Crippen LogP contribution is -2.42. The van der Waals surface area contributed by atoms with Crippen molar-refractivity contribution in [1.29, 1.82) is 0 Å². The highest BCUT2D eigenvalue weighted by Gasteiger charge is 2.35. The summed E-state index contributed by atoms with van der Waals surface area (Å²) < 4.78 is 4.77. The van der Waals surface area contributed by atoms with E-state index < -0.39 is 0 Å². The number of hydrogen-bond donors (Lipinski definition) is 2. The Balaban J connectivity index is 1.54. The third-order valence-electron chi connectivity index (χ3n) is 3.92. The molecule has 0 bridgehead atoms. The summed E-state index contributed by atoms with van der Waals surface area (Å²) in [6.45, 7) is 0. The van der Waals surface area contributed by atoms with Gasteiger partial charge in [0, 0.05) is 12.0 Å². The van der Waals surface area contributed by atoms with E-state index in [-0.39, 0.29) is 24.0 Å². The molecular formula is C13H18N4O3S. The van der Waals surface area contributed by atoms with Crippen LogP contribution in [-0.4, -0.2) is 35.3 Å². The second-order valence-corrected chi connectivity index (χ2v) is 6.49. The van der Waals surface area contributed by atoms with Crippen LogP contribution in [0.3, 0.4) is 0 Å². The summed E-state index contributed by atoms with van der Waals surface area (Å²) in [5, 5.41) is 15.1. The lowest BCUT2D eigenvalue weighted by molar-refractivity contribution is -0.145. The number of carbonyl (C=O) groups excluding carboxylic acids is 2. The van der Waals surface area contributed by atoms with E-state index in [1.54, 1.807) is 0 Å². The van der Waals surface area contributed by atoms with E-state index in [9.17, 15) is 9.59 Å². The van der Waals surface area contributed by atoms with Gasteiger partial charge in [-0.25, -0.2) is 4.79 Å². The molecule has 114 valence electrons. The van der Waals surface area contributed by atoms with Crippen LogP contribution in [0.25, 0.3) is 0 Å². The van der Waals surface area contributed by atoms with Crippen LogP contribution in [0, 0.1) is 5.92 Å². The minimum atomic E-state index is -0.339. The van der Waals surface area contributed by atoms with Crippen LogP contribution in [0.2, 0.25) is 0 Å². The number of esters is 1. The molecule has 0 unspecified atom stereocenters. The number of aromatic nitrogens is 2. The predicted molar refractivity (Wildman–Crippen MR) is 77.2 cm³/mol. The largest absolute Gasteiger partial charge is 0.469 e. The highest BCUT2D eigenvalue weighted by molar-refractivity contribution is 7.15. The molecule has 2 aliphatic rings. The lowest BCUT2D eigenvalue weighted by atomic mass is 10.0. The smallest absolute Gasteiger partial charge is 0.321 e. The Morgan fingerprint density at radius 1 is 1.24 bits per heavy atom. The summed E-state index contributed by atoms with van der Waals surface area (Å²) in [7, 11) is 1.37. The molecule has 0 radical (unpaired) electrons. The molecule has 2 amide bonds. The Morgan fingerprint density at radius 3 is 2.76 bits per heavy atom. The first-order chi connectivity index (χ1) is 10.2. The van der Waals surface area contributed by atoms with E-state index in [4.69, 9.17) is 4.74 Å². The highest BCUT2D eigenvalue weighted by Crippen LogP contribution is 2.42. The molecule has 1 aromatic heterocycles. The molecule has 0 saturated heterocycles. The molecule has 2 saturated carbocycles. The number of hydrogen-bond acceptors (Lipinski definition) is 6. The maximum atomic E-state index is 12.0. The van der Waals surface area contributed by atoms with Gasteiger partial charge in [-0.1, -0.05) is 17.8 Å². The van der Waals surface area contributed by atoms with Crippen molar-refractivity contribution in [3.05, 3.63) is 5.01 Å². The van der Waals surface area contributed by atoms with Gasteiger partial charge in [-0.05, 0) is 25.7 Å². The molecule has 0 aromatic carbocycles. The summed E-state index contributed by atoms with van der Waals surface area (Å²) in [6.07, 6.45) is 4.77. The first-order valence-corrected chi connectivity index (χ1v) is 7.97. The first kappa shape index (κ1) is 14.2. The second-order valence-electron chi connectivity index (χ2n) is 5.49. The van der Waals surface area contributed by atoms with Crippen LogP contribution in [0.4, 0.5) is 9.93 Å². The van der Waals surface area contributed by atoms with Gasteiger partial charge >= 0.3 is 12.0 Å². The van der Waals surface area contributed by atoms with Crippen molar-refractivity contribution in [2.45, 2.75) is 44.1 Å². The van der Waals surface area contributed by atoms with Crippen LogP contribution >= 0.6 is 11.3 Å². The Labute approximate surface area is 126 Å². The number of nitrogens with zero attached hydrogens (tertiary/aromatic N) is 2. The van der Waals surface area contributed by atoms with Gasteiger partial charge in [0.05, 0.1) is 13.0 Å². The molecule has 1 aromatic rings. The Hall–Kier alpha value is -1.70. The third-order valence-corrected chi connectivity index (χ3v) is 4.93. The number of amides is 2. The predicted octanol–water partition coefficient (Wildman–Crippen LogP) is 1.88. The molecule has 3 rings (SSSR count). The first-order valence-electron chi connectivity index (χ1n) is 7.16. The molecule has 8 heteroatoms. The van der Waals surface area contributed by atoms with Crippen LogP contribution in [-0.2, 0) is 9.53 Å². The number of methoxy groups -OCH3 is 1. The molecule has 1 heterocycles. The summed E-state index contributed by atoms with van der Waals surface area (Å²) in [5.41, 5.74) is 0. The number of urea groups is 1. The number of anilines is 1. The molecule has 2 atom stereocenters. The van der Waals surface area contributed by atoms with E-state index >= 15 is 0 Å². The zero-order chi connectivity index (χ0) is 14.8. The second kappa shape index (κ2) is 5.97. The summed E-state index contributed by atoms with van der Waals surface area (Å²) in [6, 6.07) is -0.512. The van der Waals surface area contributed by atoms with E-state index in [1.165, 1.54) is 18.4 Å². The van der Waals surface area contributed by atoms with Gasteiger partial charge in [-0.2, -0.15) is 0 Å². The van der Waals surface area contributed by atoms with Crippen molar-refractivity contribution in [3.63, 3.8) is 0 Å². The van der Waals surface area contributed by atoms with Gasteiger partial charge in [0.25, 0.3) is 0 Å². The van der Waals surface area contributed by atoms with Crippen molar-refractivity contribution in [3.8, 4) is 0 Å². The number of ether oxygens (including phenoxy) is 1. The maximum Gasteiger partial charge on any atom is 0.321 e. The fourth-order valence-corrected chi connectivity index (χ4v) is 3.56. The zero-order valence-corrected chi connectivity index (χ0v) is 12.6. The molecule has 21 heavy (non-hydrogen) atoms. The van der Waals surface area contributed by atoms with Crippen molar-refractivity contribution in [2.75, 3.05) is 12.4 Å². The molecule has 0 spiro atoms. The van der Waals surface area contributed by atoms with Gasteiger partial charge in [0.15, 0.2) is 0 Å². The molecule has 2 fully saturated rings. The van der Waals surface area contributed by atoms with Gasteiger partial charge in [0.1, 0.15) is 5.01 Å². The van der Waals surface area contributed by atoms with Crippen molar-refractivity contribution in [2.24, 2.45) is 5.92 Å². The Bertz CT molecular complexity index is 543. The van der Waals surface area contributed by atoms with Gasteiger partial charge in [0.2, 0.25) is 5.13 Å². The molecule has 0 aliphatic heterocycles. The topological polar surface area (TPSA) is 93.2 Å². The van der Waals surface area contributed by atoms with Gasteiger partial charge in [-0.15, -0.1) is 10.2 Å². The Morgan fingerprint density at radius 2 is 2.05 bits per heavy atom. The maximum absolute atomic E-state index is 12.0. The van der Waals surface area contributed by atoms with Crippen LogP contribution in [0.5, 0.6) is 0 Å². The van der Waals surface area contributed by atoms with E-state index in [0.29, 0.717) is 11.0 Å². The Kier molecular flexibility index (Phi) is 4.05. The van der Waals surface area contributed by atoms with Crippen LogP contribution in [0.1, 0.15) is 43.0 Å². The van der Waals surface area contributed by atoms with E-state index in [1.807, 2.05) is 0 Å². The minimum absolute atomic E-state index is 0.173. The van der Waals surface area contributed by atoms with Crippen molar-refractivity contribution < 1.29 is 14.3 Å². The highest BCUT2D eigenvalue weighted by atomic mass is 32.1. The number of carbonyl (C=O) groups is 2. The molecular weight excluding hydrogens is 292 g/mol. The minimum Gasteiger partial charge on any atom is -0.469 e. The normalized spacial score (nSPS) is 24.6. The lowest BCUT2D eigenvalue weighted by Gasteiger charge is -2.18. The van der Waals surface area contributed by atoms with Gasteiger partial charge < -0.3 is 10.1 Å². The SMILES string of the molecule is COC(=O)[C@@H]1CCC[C@@H]1NC(=O)Nc1nnc(C2CC2)s1. The average Bonchev–Trinajstić information content (AvgIpc) is 3.05. The summed E-state index contributed by atoms with van der Waals surface area (Å²) in [5.74, 6) is 0.0154. The standard InChI is InChI=1S/C13H18N4O3S/c1-20-11(18)8-3-2-4-9(8)14-12(19)15-13-17-16-10(21-13)7-5-6-7/h7-9H,2-6H2,1H3,(H2,14,15,17,19)/t8-,9+/m1/s1. The quantitative estimate of drug-likeness (QED) is 0.828.